The minimum absolute atomic E-state index is 0.0705. The Bertz CT molecular complexity index is 801. The number of carbonyl (C=O) groups excluding carboxylic acids is 1. The number of nitrogens with one attached hydrogen (secondary N) is 1. The Morgan fingerprint density at radius 3 is 2.68 bits per heavy atom. The number of hydrogen-bond donors (Lipinski definition) is 1. The maximum Gasteiger partial charge on any atom is 0.312 e. The molecule has 25 heavy (non-hydrogen) atoms. The average molecular weight is 336 g/mol. The van der Waals surface area contributed by atoms with Crippen LogP contribution >= 0.6 is 0 Å². The Kier molecular flexibility index (Phi) is 4.62. The van der Waals surface area contributed by atoms with E-state index in [-0.39, 0.29) is 11.9 Å². The van der Waals surface area contributed by atoms with Crippen LogP contribution in [0.2, 0.25) is 0 Å². The van der Waals surface area contributed by atoms with Gasteiger partial charge in [0.2, 0.25) is 0 Å². The van der Waals surface area contributed by atoms with Gasteiger partial charge in [-0.15, -0.1) is 0 Å². The SMILES string of the molecule is COC(=O)C1C(c2cccc(C)c2)C=C(C)NC1(C)c1cccnc1. The fourth-order valence-electron chi connectivity index (χ4n) is 3.85. The summed E-state index contributed by atoms with van der Waals surface area (Å²) in [5.74, 6) is -0.694. The van der Waals surface area contributed by atoms with Gasteiger partial charge in [-0.1, -0.05) is 42.0 Å². The molecule has 2 aromatic rings. The third-order valence-electron chi connectivity index (χ3n) is 5.01. The smallest absolute Gasteiger partial charge is 0.312 e. The second-order valence-electron chi connectivity index (χ2n) is 6.86. The number of ether oxygens (including phenoxy) is 1. The van der Waals surface area contributed by atoms with E-state index >= 15 is 0 Å². The van der Waals surface area contributed by atoms with Gasteiger partial charge < -0.3 is 10.1 Å². The fourth-order valence-corrected chi connectivity index (χ4v) is 3.85. The van der Waals surface area contributed by atoms with E-state index in [0.717, 1.165) is 16.8 Å². The van der Waals surface area contributed by atoms with Gasteiger partial charge in [0.15, 0.2) is 0 Å². The molecule has 0 amide bonds. The van der Waals surface area contributed by atoms with Crippen molar-refractivity contribution in [1.29, 1.82) is 0 Å². The standard InChI is InChI=1S/C21H24N2O2/c1-14-7-5-8-16(11-14)18-12-15(2)23-21(3,19(18)20(24)25-4)17-9-6-10-22-13-17/h5-13,18-19,23H,1-4H3. The molecule has 4 nitrogen and oxygen atoms in total. The Morgan fingerprint density at radius 2 is 2.04 bits per heavy atom. The molecule has 1 aromatic heterocycles. The highest BCUT2D eigenvalue weighted by atomic mass is 16.5. The lowest BCUT2D eigenvalue weighted by Crippen LogP contribution is -2.53. The molecule has 0 saturated carbocycles. The highest BCUT2D eigenvalue weighted by Gasteiger charge is 2.48. The number of hydrogen-bond acceptors (Lipinski definition) is 4. The molecule has 1 aliphatic rings. The number of nitrogens with zero attached hydrogens (tertiary/aromatic N) is 1. The van der Waals surface area contributed by atoms with Crippen molar-refractivity contribution >= 4 is 5.97 Å². The number of methoxy groups -OCH3 is 1. The van der Waals surface area contributed by atoms with Gasteiger partial charge in [-0.3, -0.25) is 9.78 Å². The van der Waals surface area contributed by atoms with Gasteiger partial charge in [-0.05, 0) is 38.0 Å². The van der Waals surface area contributed by atoms with Crippen LogP contribution in [0.4, 0.5) is 0 Å². The summed E-state index contributed by atoms with van der Waals surface area (Å²) in [5.41, 5.74) is 3.70. The van der Waals surface area contributed by atoms with Crippen molar-refractivity contribution in [2.45, 2.75) is 32.2 Å². The normalized spacial score (nSPS) is 25.7. The second kappa shape index (κ2) is 6.71. The zero-order chi connectivity index (χ0) is 18.0. The first-order valence-corrected chi connectivity index (χ1v) is 8.47. The van der Waals surface area contributed by atoms with Gasteiger partial charge in [0.1, 0.15) is 0 Å². The highest BCUT2D eigenvalue weighted by Crippen LogP contribution is 2.44. The molecule has 2 heterocycles. The van der Waals surface area contributed by atoms with Crippen molar-refractivity contribution in [3.63, 3.8) is 0 Å². The summed E-state index contributed by atoms with van der Waals surface area (Å²) in [5, 5.41) is 3.51. The maximum atomic E-state index is 12.8. The summed E-state index contributed by atoms with van der Waals surface area (Å²) in [7, 11) is 1.45. The third kappa shape index (κ3) is 3.16. The first-order valence-electron chi connectivity index (χ1n) is 8.47. The minimum Gasteiger partial charge on any atom is -0.469 e. The van der Waals surface area contributed by atoms with Crippen LogP contribution in [0.3, 0.4) is 0 Å². The van der Waals surface area contributed by atoms with Crippen molar-refractivity contribution < 1.29 is 9.53 Å². The molecule has 1 N–H and O–H groups in total. The average Bonchev–Trinajstić information content (AvgIpc) is 2.61. The minimum atomic E-state index is -0.603. The molecule has 3 rings (SSSR count). The summed E-state index contributed by atoms with van der Waals surface area (Å²) in [6, 6.07) is 12.2. The molecule has 0 radical (unpaired) electrons. The molecular weight excluding hydrogens is 312 g/mol. The summed E-state index contributed by atoms with van der Waals surface area (Å²) in [6.07, 6.45) is 5.67. The molecule has 3 atom stereocenters. The summed E-state index contributed by atoms with van der Waals surface area (Å²) >= 11 is 0. The quantitative estimate of drug-likeness (QED) is 0.869. The van der Waals surface area contributed by atoms with Gasteiger partial charge >= 0.3 is 5.97 Å². The van der Waals surface area contributed by atoms with Crippen LogP contribution in [0.25, 0.3) is 0 Å². The van der Waals surface area contributed by atoms with Gasteiger partial charge in [0, 0.05) is 24.0 Å². The van der Waals surface area contributed by atoms with E-state index in [4.69, 9.17) is 4.74 Å². The number of benzene rings is 1. The second-order valence-corrected chi connectivity index (χ2v) is 6.86. The lowest BCUT2D eigenvalue weighted by Gasteiger charge is -2.45. The molecule has 3 unspecified atom stereocenters. The van der Waals surface area contributed by atoms with E-state index in [1.54, 1.807) is 6.20 Å². The van der Waals surface area contributed by atoms with E-state index in [2.05, 4.69) is 41.5 Å². The first kappa shape index (κ1) is 17.2. The summed E-state index contributed by atoms with van der Waals surface area (Å²) in [4.78, 5) is 17.1. The molecule has 0 fully saturated rings. The molecule has 0 bridgehead atoms. The van der Waals surface area contributed by atoms with Crippen molar-refractivity contribution in [3.8, 4) is 0 Å². The lowest BCUT2D eigenvalue weighted by atomic mass is 9.68. The van der Waals surface area contributed by atoms with Gasteiger partial charge in [0.25, 0.3) is 0 Å². The number of aromatic nitrogens is 1. The summed E-state index contributed by atoms with van der Waals surface area (Å²) < 4.78 is 5.20. The molecule has 0 spiro atoms. The zero-order valence-corrected chi connectivity index (χ0v) is 15.1. The van der Waals surface area contributed by atoms with E-state index in [9.17, 15) is 4.79 Å². The number of aryl methyl sites for hydroxylation is 1. The zero-order valence-electron chi connectivity index (χ0n) is 15.1. The number of carbonyl (C=O) groups is 1. The molecule has 0 saturated heterocycles. The lowest BCUT2D eigenvalue weighted by molar-refractivity contribution is -0.149. The van der Waals surface area contributed by atoms with Crippen LogP contribution in [0.1, 0.15) is 36.5 Å². The van der Waals surface area contributed by atoms with Crippen LogP contribution in [0.15, 0.2) is 60.6 Å². The van der Waals surface area contributed by atoms with Crippen molar-refractivity contribution in [2.24, 2.45) is 5.92 Å². The molecule has 130 valence electrons. The number of esters is 1. The largest absolute Gasteiger partial charge is 0.469 e. The van der Waals surface area contributed by atoms with Crippen LogP contribution in [-0.4, -0.2) is 18.1 Å². The third-order valence-corrected chi connectivity index (χ3v) is 5.01. The number of pyridine rings is 1. The van der Waals surface area contributed by atoms with Crippen molar-refractivity contribution in [2.75, 3.05) is 7.11 Å². The van der Waals surface area contributed by atoms with Crippen LogP contribution in [0, 0.1) is 12.8 Å². The first-order chi connectivity index (χ1) is 12.0. The number of allylic oxidation sites excluding steroid dienone is 2. The van der Waals surface area contributed by atoms with Crippen LogP contribution in [0.5, 0.6) is 0 Å². The molecule has 1 aliphatic heterocycles. The van der Waals surface area contributed by atoms with E-state index in [1.165, 1.54) is 12.7 Å². The fraction of sp³-hybridized carbons (Fsp3) is 0.333. The molecular formula is C21H24N2O2. The monoisotopic (exact) mass is 336 g/mol. The Morgan fingerprint density at radius 1 is 1.24 bits per heavy atom. The van der Waals surface area contributed by atoms with Gasteiger partial charge in [0.05, 0.1) is 18.6 Å². The van der Waals surface area contributed by atoms with Gasteiger partial charge in [-0.25, -0.2) is 0 Å². The number of rotatable bonds is 3. The molecule has 0 aliphatic carbocycles. The van der Waals surface area contributed by atoms with E-state index in [1.807, 2.05) is 38.2 Å². The Hall–Kier alpha value is -2.62. The van der Waals surface area contributed by atoms with Crippen molar-refractivity contribution in [3.05, 3.63) is 77.3 Å². The maximum absolute atomic E-state index is 12.8. The topological polar surface area (TPSA) is 51.2 Å². The van der Waals surface area contributed by atoms with Crippen LogP contribution in [-0.2, 0) is 15.1 Å². The summed E-state index contributed by atoms with van der Waals surface area (Å²) in [6.45, 7) is 6.14. The Balaban J connectivity index is 2.17. The van der Waals surface area contributed by atoms with Gasteiger partial charge in [-0.2, -0.15) is 0 Å². The van der Waals surface area contributed by atoms with Crippen molar-refractivity contribution in [1.82, 2.24) is 10.3 Å². The molecule has 4 heteroatoms. The van der Waals surface area contributed by atoms with E-state index in [0.29, 0.717) is 0 Å². The molecule has 1 aromatic carbocycles. The predicted octanol–water partition coefficient (Wildman–Crippen LogP) is 3.69. The Labute approximate surface area is 148 Å². The van der Waals surface area contributed by atoms with E-state index < -0.39 is 11.5 Å². The van der Waals surface area contributed by atoms with Crippen LogP contribution < -0.4 is 5.32 Å². The highest BCUT2D eigenvalue weighted by molar-refractivity contribution is 5.77. The predicted molar refractivity (Wildman–Crippen MR) is 97.9 cm³/mol.